The molecule has 0 bridgehead atoms. The van der Waals surface area contributed by atoms with Crippen molar-refractivity contribution in [1.29, 1.82) is 0 Å². The van der Waals surface area contributed by atoms with Gasteiger partial charge in [0.2, 0.25) is 0 Å². The zero-order valence-corrected chi connectivity index (χ0v) is 36.5. The maximum absolute atomic E-state index is 12.3. The Hall–Kier alpha value is -4.32. The molecule has 0 saturated carbocycles. The van der Waals surface area contributed by atoms with E-state index in [9.17, 15) is 5.11 Å². The Morgan fingerprint density at radius 1 is 0.678 bits per heavy atom. The third-order valence-electron chi connectivity index (χ3n) is 11.4. The third-order valence-corrected chi connectivity index (χ3v) is 16.4. The fourth-order valence-electron chi connectivity index (χ4n) is 8.11. The lowest BCUT2D eigenvalue weighted by atomic mass is 9.92. The molecular weight excluding hydrogens is 757 g/mol. The molecule has 1 saturated heterocycles. The first-order valence-corrected chi connectivity index (χ1v) is 22.7. The van der Waals surface area contributed by atoms with Crippen molar-refractivity contribution in [2.45, 2.75) is 95.9 Å². The van der Waals surface area contributed by atoms with E-state index in [0.29, 0.717) is 45.9 Å². The Kier molecular flexibility index (Phi) is 15.9. The molecule has 314 valence electrons. The number of hydrogen-bond donors (Lipinski definition) is 1. The monoisotopic (exact) mass is 818 g/mol. The second-order valence-corrected chi connectivity index (χ2v) is 20.8. The minimum absolute atomic E-state index is 0.0424. The quantitative estimate of drug-likeness (QED) is 0.0584. The Bertz CT molecular complexity index is 1900. The van der Waals surface area contributed by atoms with Crippen molar-refractivity contribution < 1.29 is 38.0 Å². The van der Waals surface area contributed by atoms with Crippen molar-refractivity contribution >= 4 is 18.7 Å². The summed E-state index contributed by atoms with van der Waals surface area (Å²) in [5.74, 6) is 1.56. The molecule has 1 heterocycles. The molecule has 0 aromatic heterocycles. The van der Waals surface area contributed by atoms with Gasteiger partial charge >= 0.3 is 0 Å². The van der Waals surface area contributed by atoms with Gasteiger partial charge in [0.05, 0.1) is 59.0 Å². The number of rotatable bonds is 21. The first-order chi connectivity index (χ1) is 28.6. The molecule has 0 amide bonds. The number of aliphatic hydroxyl groups is 1. The topological polar surface area (TPSA) is 84.8 Å². The lowest BCUT2D eigenvalue weighted by molar-refractivity contribution is -0.136. The van der Waals surface area contributed by atoms with Crippen LogP contribution in [-0.2, 0) is 43.2 Å². The third kappa shape index (κ3) is 11.5. The second kappa shape index (κ2) is 21.3. The molecule has 1 fully saturated rings. The predicted octanol–water partition coefficient (Wildman–Crippen LogP) is 8.51. The largest absolute Gasteiger partial charge is 0.497 e. The van der Waals surface area contributed by atoms with Crippen LogP contribution in [0.2, 0.25) is 5.04 Å². The predicted molar refractivity (Wildman–Crippen MR) is 236 cm³/mol. The van der Waals surface area contributed by atoms with E-state index in [0.717, 1.165) is 28.2 Å². The van der Waals surface area contributed by atoms with E-state index in [1.165, 1.54) is 10.4 Å². The second-order valence-electron chi connectivity index (χ2n) is 16.5. The first kappa shape index (κ1) is 44.2. The molecule has 1 aliphatic heterocycles. The molecule has 6 atom stereocenters. The van der Waals surface area contributed by atoms with Crippen LogP contribution in [0.4, 0.5) is 0 Å². The number of ether oxygens (including phenoxy) is 6. The lowest BCUT2D eigenvalue weighted by Crippen LogP contribution is -2.67. The highest BCUT2D eigenvalue weighted by Gasteiger charge is 2.52. The normalized spacial score (nSPS) is 18.6. The van der Waals surface area contributed by atoms with Crippen molar-refractivity contribution in [2.75, 3.05) is 27.4 Å². The van der Waals surface area contributed by atoms with Gasteiger partial charge in [-0.2, -0.15) is 0 Å². The van der Waals surface area contributed by atoms with Gasteiger partial charge in [-0.3, -0.25) is 0 Å². The Labute approximate surface area is 352 Å². The molecular formula is C50H62O8Si. The van der Waals surface area contributed by atoms with Gasteiger partial charge in [-0.15, -0.1) is 0 Å². The molecule has 6 rings (SSSR count). The number of benzene rings is 5. The Morgan fingerprint density at radius 3 is 1.71 bits per heavy atom. The minimum atomic E-state index is -2.89. The van der Waals surface area contributed by atoms with E-state index >= 15 is 0 Å². The van der Waals surface area contributed by atoms with Crippen molar-refractivity contribution in [3.8, 4) is 11.5 Å². The molecule has 1 aliphatic rings. The zero-order valence-electron chi connectivity index (χ0n) is 35.5. The van der Waals surface area contributed by atoms with Crippen LogP contribution in [-0.4, -0.2) is 71.4 Å². The molecule has 5 aromatic rings. The maximum Gasteiger partial charge on any atom is 0.261 e. The Morgan fingerprint density at radius 2 is 1.19 bits per heavy atom. The summed E-state index contributed by atoms with van der Waals surface area (Å²) in [7, 11) is 0.437. The van der Waals surface area contributed by atoms with Crippen molar-refractivity contribution in [3.63, 3.8) is 0 Å². The number of aliphatic hydroxyl groups excluding tert-OH is 1. The minimum Gasteiger partial charge on any atom is -0.497 e. The lowest BCUT2D eigenvalue weighted by Gasteiger charge is -2.43. The van der Waals surface area contributed by atoms with Crippen LogP contribution in [0, 0.1) is 5.92 Å². The van der Waals surface area contributed by atoms with Gasteiger partial charge in [0.25, 0.3) is 8.32 Å². The molecule has 5 aromatic carbocycles. The van der Waals surface area contributed by atoms with E-state index in [-0.39, 0.29) is 17.1 Å². The SMILES string of the molecule is COc1ccc(COCC[C@@H](C)[C@@H](OCc2ccccc2)C(O)[C@@H]2C[C@@H](OCc3ccc(OC)cc3)[C@@H](CO[Si](c3ccccc3)(c3ccccc3)C(C)(C)C)O2)cc1. The summed E-state index contributed by atoms with van der Waals surface area (Å²) >= 11 is 0. The highest BCUT2D eigenvalue weighted by atomic mass is 28.4. The standard InChI is InChI=1S/C50H62O8Si/c1-37(30-31-54-33-39-22-26-41(52-5)27-23-39)49(56-35-38-16-10-7-11-17-38)48(51)46-32-45(55-34-40-24-28-42(53-6)29-25-40)47(58-46)36-57-59(50(2,3)4,43-18-12-8-13-19-43)44-20-14-9-15-21-44/h7-29,37,45-49,51H,30-36H2,1-6H3/t37-,45-,46+,47-,48?,49-/m1/s1. The van der Waals surface area contributed by atoms with Crippen molar-refractivity contribution in [1.82, 2.24) is 0 Å². The van der Waals surface area contributed by atoms with E-state index in [2.05, 4.69) is 88.4 Å². The van der Waals surface area contributed by atoms with Gasteiger partial charge < -0.3 is 38.0 Å². The van der Waals surface area contributed by atoms with Crippen LogP contribution in [0.15, 0.2) is 140 Å². The van der Waals surface area contributed by atoms with E-state index in [1.54, 1.807) is 14.2 Å². The molecule has 9 heteroatoms. The molecule has 8 nitrogen and oxygen atoms in total. The molecule has 0 spiro atoms. The van der Waals surface area contributed by atoms with Gasteiger partial charge in [-0.25, -0.2) is 0 Å². The molecule has 0 aliphatic carbocycles. The van der Waals surface area contributed by atoms with Crippen LogP contribution < -0.4 is 19.8 Å². The molecule has 1 unspecified atom stereocenters. The summed E-state index contributed by atoms with van der Waals surface area (Å²) in [6.07, 6.45) is -1.61. The maximum atomic E-state index is 12.3. The summed E-state index contributed by atoms with van der Waals surface area (Å²) in [6, 6.07) is 47.1. The van der Waals surface area contributed by atoms with E-state index in [4.69, 9.17) is 32.8 Å². The average Bonchev–Trinajstić information content (AvgIpc) is 3.68. The summed E-state index contributed by atoms with van der Waals surface area (Å²) in [5.41, 5.74) is 3.13. The van der Waals surface area contributed by atoms with Gasteiger partial charge in [0.15, 0.2) is 0 Å². The van der Waals surface area contributed by atoms with Crippen LogP contribution >= 0.6 is 0 Å². The number of hydrogen-bond acceptors (Lipinski definition) is 8. The van der Waals surface area contributed by atoms with Crippen LogP contribution in [0.3, 0.4) is 0 Å². The van der Waals surface area contributed by atoms with E-state index in [1.807, 2.05) is 78.9 Å². The fourth-order valence-corrected chi connectivity index (χ4v) is 12.7. The highest BCUT2D eigenvalue weighted by molar-refractivity contribution is 6.99. The fraction of sp³-hybridized carbons (Fsp3) is 0.400. The van der Waals surface area contributed by atoms with Crippen LogP contribution in [0.5, 0.6) is 11.5 Å². The smallest absolute Gasteiger partial charge is 0.261 e. The van der Waals surface area contributed by atoms with Gasteiger partial charge in [0, 0.05) is 13.0 Å². The van der Waals surface area contributed by atoms with Crippen LogP contribution in [0.25, 0.3) is 0 Å². The molecule has 59 heavy (non-hydrogen) atoms. The number of methoxy groups -OCH3 is 2. The molecule has 1 N–H and O–H groups in total. The van der Waals surface area contributed by atoms with Crippen LogP contribution in [0.1, 0.15) is 57.2 Å². The summed E-state index contributed by atoms with van der Waals surface area (Å²) in [4.78, 5) is 0. The molecule has 0 radical (unpaired) electrons. The first-order valence-electron chi connectivity index (χ1n) is 20.8. The Balaban J connectivity index is 1.23. The van der Waals surface area contributed by atoms with Crippen molar-refractivity contribution in [2.24, 2.45) is 5.92 Å². The zero-order chi connectivity index (χ0) is 41.7. The van der Waals surface area contributed by atoms with Gasteiger partial charge in [-0.05, 0) is 68.7 Å². The van der Waals surface area contributed by atoms with Gasteiger partial charge in [-0.1, -0.05) is 143 Å². The average molecular weight is 819 g/mol. The van der Waals surface area contributed by atoms with E-state index < -0.39 is 32.7 Å². The van der Waals surface area contributed by atoms with Gasteiger partial charge in [0.1, 0.15) is 23.7 Å². The summed E-state index contributed by atoms with van der Waals surface area (Å²) in [5, 5.41) is 14.5. The summed E-state index contributed by atoms with van der Waals surface area (Å²) in [6.45, 7) is 11.0. The highest BCUT2D eigenvalue weighted by Crippen LogP contribution is 2.38. The summed E-state index contributed by atoms with van der Waals surface area (Å²) < 4.78 is 44.5. The van der Waals surface area contributed by atoms with Crippen molar-refractivity contribution in [3.05, 3.63) is 156 Å².